The quantitative estimate of drug-likeness (QED) is 0.394. The molecular weight excluding hydrogens is 364 g/mol. The first kappa shape index (κ1) is 18.8. The molecule has 142 valence electrons. The van der Waals surface area contributed by atoms with E-state index in [1.165, 1.54) is 30.3 Å². The molecule has 0 spiro atoms. The summed E-state index contributed by atoms with van der Waals surface area (Å²) in [6.45, 7) is 1.91. The number of nitro benzene ring substituents is 1. The van der Waals surface area contributed by atoms with Crippen molar-refractivity contribution >= 4 is 34.0 Å². The highest BCUT2D eigenvalue weighted by molar-refractivity contribution is 6.06. The molecule has 2 N–H and O–H groups in total. The standard InChI is InChI=1S/C20H16N2O6/c1-2-28-20(25)14-8-12-6-7-15(11-17(12)18(23)10-14)21-19(24)13-4-3-5-16(9-13)22(26)27/h3-11,23H,2H2,1H3,(H,21,24). The molecule has 0 unspecified atom stereocenters. The molecule has 28 heavy (non-hydrogen) atoms. The Morgan fingerprint density at radius 1 is 1.11 bits per heavy atom. The van der Waals surface area contributed by atoms with Crippen LogP contribution in [0.5, 0.6) is 5.75 Å². The van der Waals surface area contributed by atoms with Gasteiger partial charge in [0.1, 0.15) is 5.75 Å². The molecule has 3 aromatic rings. The number of hydrogen-bond acceptors (Lipinski definition) is 6. The van der Waals surface area contributed by atoms with E-state index in [1.807, 2.05) is 0 Å². The number of nitrogens with one attached hydrogen (secondary N) is 1. The Bertz CT molecular complexity index is 1090. The minimum absolute atomic E-state index is 0.132. The van der Waals surface area contributed by atoms with Crippen molar-refractivity contribution in [2.45, 2.75) is 6.92 Å². The molecule has 8 heteroatoms. The van der Waals surface area contributed by atoms with E-state index in [-0.39, 0.29) is 29.2 Å². The number of rotatable bonds is 5. The van der Waals surface area contributed by atoms with Crippen LogP contribution in [0.1, 0.15) is 27.6 Å². The topological polar surface area (TPSA) is 119 Å². The molecule has 0 fully saturated rings. The van der Waals surface area contributed by atoms with Crippen molar-refractivity contribution in [1.82, 2.24) is 0 Å². The van der Waals surface area contributed by atoms with Crippen LogP contribution in [0, 0.1) is 10.1 Å². The van der Waals surface area contributed by atoms with Gasteiger partial charge in [-0.05, 0) is 42.6 Å². The van der Waals surface area contributed by atoms with Gasteiger partial charge < -0.3 is 15.2 Å². The second-order valence-electron chi connectivity index (χ2n) is 5.91. The van der Waals surface area contributed by atoms with Crippen LogP contribution in [0.25, 0.3) is 10.8 Å². The van der Waals surface area contributed by atoms with E-state index in [0.29, 0.717) is 16.5 Å². The molecule has 8 nitrogen and oxygen atoms in total. The van der Waals surface area contributed by atoms with E-state index in [1.54, 1.807) is 31.2 Å². The third kappa shape index (κ3) is 3.90. The van der Waals surface area contributed by atoms with Gasteiger partial charge in [-0.25, -0.2) is 4.79 Å². The summed E-state index contributed by atoms with van der Waals surface area (Å²) < 4.78 is 4.93. The predicted molar refractivity (Wildman–Crippen MR) is 103 cm³/mol. The first-order valence-electron chi connectivity index (χ1n) is 8.38. The molecule has 0 atom stereocenters. The Labute approximate surface area is 159 Å². The molecule has 0 bridgehead atoms. The fourth-order valence-corrected chi connectivity index (χ4v) is 2.71. The van der Waals surface area contributed by atoms with Gasteiger partial charge in [0.2, 0.25) is 0 Å². The van der Waals surface area contributed by atoms with Crippen LogP contribution >= 0.6 is 0 Å². The highest BCUT2D eigenvalue weighted by Crippen LogP contribution is 2.30. The van der Waals surface area contributed by atoms with E-state index >= 15 is 0 Å². The molecule has 1 amide bonds. The van der Waals surface area contributed by atoms with Gasteiger partial charge in [-0.2, -0.15) is 0 Å². The van der Waals surface area contributed by atoms with Crippen LogP contribution < -0.4 is 5.32 Å². The highest BCUT2D eigenvalue weighted by Gasteiger charge is 2.14. The molecule has 3 aromatic carbocycles. The van der Waals surface area contributed by atoms with Gasteiger partial charge in [0.15, 0.2) is 0 Å². The maximum atomic E-state index is 12.4. The molecule has 0 aliphatic carbocycles. The minimum atomic E-state index is -0.577. The summed E-state index contributed by atoms with van der Waals surface area (Å²) in [6.07, 6.45) is 0. The summed E-state index contributed by atoms with van der Waals surface area (Å²) in [5.41, 5.74) is 0.565. The van der Waals surface area contributed by atoms with E-state index in [0.717, 1.165) is 0 Å². The first-order valence-corrected chi connectivity index (χ1v) is 8.38. The van der Waals surface area contributed by atoms with Crippen LogP contribution in [0.2, 0.25) is 0 Å². The molecule has 0 radical (unpaired) electrons. The van der Waals surface area contributed by atoms with Crippen molar-refractivity contribution in [3.05, 3.63) is 75.8 Å². The number of phenols is 1. The monoisotopic (exact) mass is 380 g/mol. The molecule has 0 heterocycles. The Morgan fingerprint density at radius 2 is 1.89 bits per heavy atom. The SMILES string of the molecule is CCOC(=O)c1cc(O)c2cc(NC(=O)c3cccc([N+](=O)[O-])c3)ccc2c1. The van der Waals surface area contributed by atoms with Gasteiger partial charge in [0.25, 0.3) is 11.6 Å². The molecular formula is C20H16N2O6. The van der Waals surface area contributed by atoms with Crippen molar-refractivity contribution in [2.24, 2.45) is 0 Å². The first-order chi connectivity index (χ1) is 13.4. The zero-order valence-corrected chi connectivity index (χ0v) is 14.8. The van der Waals surface area contributed by atoms with Crippen molar-refractivity contribution in [3.63, 3.8) is 0 Å². The molecule has 0 saturated carbocycles. The number of carbonyl (C=O) groups is 2. The highest BCUT2D eigenvalue weighted by atomic mass is 16.6. The fraction of sp³-hybridized carbons (Fsp3) is 0.100. The largest absolute Gasteiger partial charge is 0.507 e. The lowest BCUT2D eigenvalue weighted by Gasteiger charge is -2.09. The maximum absolute atomic E-state index is 12.4. The van der Waals surface area contributed by atoms with E-state index in [9.17, 15) is 24.8 Å². The Balaban J connectivity index is 1.88. The number of benzene rings is 3. The lowest BCUT2D eigenvalue weighted by molar-refractivity contribution is -0.384. The van der Waals surface area contributed by atoms with Crippen molar-refractivity contribution in [2.75, 3.05) is 11.9 Å². The fourth-order valence-electron chi connectivity index (χ4n) is 2.71. The van der Waals surface area contributed by atoms with Crippen LogP contribution in [-0.2, 0) is 4.74 Å². The molecule has 0 aliphatic heterocycles. The zero-order chi connectivity index (χ0) is 20.3. The number of amides is 1. The van der Waals surface area contributed by atoms with Crippen LogP contribution in [0.15, 0.2) is 54.6 Å². The summed E-state index contributed by atoms with van der Waals surface area (Å²) in [7, 11) is 0. The maximum Gasteiger partial charge on any atom is 0.338 e. The third-order valence-corrected chi connectivity index (χ3v) is 4.02. The summed E-state index contributed by atoms with van der Waals surface area (Å²) in [5, 5.41) is 24.8. The van der Waals surface area contributed by atoms with Crippen LogP contribution in [0.3, 0.4) is 0 Å². The van der Waals surface area contributed by atoms with E-state index < -0.39 is 16.8 Å². The number of aromatic hydroxyl groups is 1. The zero-order valence-electron chi connectivity index (χ0n) is 14.8. The van der Waals surface area contributed by atoms with Gasteiger partial charge in [-0.3, -0.25) is 14.9 Å². The van der Waals surface area contributed by atoms with E-state index in [4.69, 9.17) is 4.74 Å². The van der Waals surface area contributed by atoms with Gasteiger partial charge >= 0.3 is 5.97 Å². The average Bonchev–Trinajstić information content (AvgIpc) is 2.68. The average molecular weight is 380 g/mol. The number of non-ortho nitro benzene ring substituents is 1. The summed E-state index contributed by atoms with van der Waals surface area (Å²) >= 11 is 0. The smallest absolute Gasteiger partial charge is 0.338 e. The predicted octanol–water partition coefficient (Wildman–Crippen LogP) is 3.88. The number of carbonyl (C=O) groups excluding carboxylic acids is 2. The Kier molecular flexibility index (Phi) is 5.21. The number of ether oxygens (including phenoxy) is 1. The number of nitro groups is 1. The molecule has 0 saturated heterocycles. The number of fused-ring (bicyclic) bond motifs is 1. The summed E-state index contributed by atoms with van der Waals surface area (Å²) in [6, 6.07) is 13.0. The number of hydrogen-bond donors (Lipinski definition) is 2. The second-order valence-corrected chi connectivity index (χ2v) is 5.91. The van der Waals surface area contributed by atoms with Crippen molar-refractivity contribution in [1.29, 1.82) is 0 Å². The normalized spacial score (nSPS) is 10.5. The van der Waals surface area contributed by atoms with Crippen molar-refractivity contribution < 1.29 is 24.4 Å². The Hall–Kier alpha value is -3.94. The van der Waals surface area contributed by atoms with Gasteiger partial charge in [0.05, 0.1) is 17.1 Å². The molecule has 0 aliphatic rings. The number of nitrogens with zero attached hydrogens (tertiary/aromatic N) is 1. The van der Waals surface area contributed by atoms with Crippen LogP contribution in [0.4, 0.5) is 11.4 Å². The van der Waals surface area contributed by atoms with Crippen LogP contribution in [-0.4, -0.2) is 28.5 Å². The summed E-state index contributed by atoms with van der Waals surface area (Å²) in [5.74, 6) is -1.19. The number of esters is 1. The molecule has 3 rings (SSSR count). The number of anilines is 1. The second kappa shape index (κ2) is 7.75. The van der Waals surface area contributed by atoms with Crippen molar-refractivity contribution in [3.8, 4) is 5.75 Å². The lowest BCUT2D eigenvalue weighted by atomic mass is 10.0. The van der Waals surface area contributed by atoms with E-state index in [2.05, 4.69) is 5.32 Å². The summed E-state index contributed by atoms with van der Waals surface area (Å²) in [4.78, 5) is 34.5. The third-order valence-electron chi connectivity index (χ3n) is 4.02. The lowest BCUT2D eigenvalue weighted by Crippen LogP contribution is -2.12. The number of phenolic OH excluding ortho intramolecular Hbond substituents is 1. The van der Waals surface area contributed by atoms with Gasteiger partial charge in [-0.15, -0.1) is 0 Å². The minimum Gasteiger partial charge on any atom is -0.507 e. The van der Waals surface area contributed by atoms with Gasteiger partial charge in [-0.1, -0.05) is 12.1 Å². The van der Waals surface area contributed by atoms with Gasteiger partial charge in [0, 0.05) is 28.8 Å². The Morgan fingerprint density at radius 3 is 2.61 bits per heavy atom. The molecule has 0 aromatic heterocycles.